The largest absolute Gasteiger partial charge is 0.405 e. The van der Waals surface area contributed by atoms with E-state index in [-0.39, 0.29) is 6.10 Å². The molecule has 1 saturated heterocycles. The van der Waals surface area contributed by atoms with Crippen LogP contribution in [-0.2, 0) is 11.3 Å². The maximum absolute atomic E-state index is 6.29. The van der Waals surface area contributed by atoms with Crippen LogP contribution in [0.15, 0.2) is 41.7 Å². The van der Waals surface area contributed by atoms with Crippen molar-refractivity contribution >= 4 is 39.8 Å². The highest BCUT2D eigenvalue weighted by molar-refractivity contribution is 6.31. The molecule has 3 heterocycles. The average molecular weight is 384 g/mol. The first kappa shape index (κ1) is 17.9. The highest BCUT2D eigenvalue weighted by atomic mass is 35.5. The van der Waals surface area contributed by atoms with Crippen LogP contribution >= 0.6 is 11.6 Å². The molecule has 1 fully saturated rings. The van der Waals surface area contributed by atoms with Crippen LogP contribution in [0.2, 0.25) is 5.02 Å². The lowest BCUT2D eigenvalue weighted by Crippen LogP contribution is -2.26. The molecule has 0 aliphatic carbocycles. The Morgan fingerprint density at radius 3 is 3.11 bits per heavy atom. The Hall–Kier alpha value is -2.44. The van der Waals surface area contributed by atoms with Crippen LogP contribution in [0.3, 0.4) is 0 Å². The minimum absolute atomic E-state index is 0.217. The topological polar surface area (TPSA) is 78.3 Å². The molecule has 2 aromatic heterocycles. The zero-order chi connectivity index (χ0) is 18.8. The van der Waals surface area contributed by atoms with Gasteiger partial charge in [0.05, 0.1) is 29.9 Å². The summed E-state index contributed by atoms with van der Waals surface area (Å²) >= 11 is 6.29. The third-order valence-electron chi connectivity index (χ3n) is 4.91. The summed E-state index contributed by atoms with van der Waals surface area (Å²) in [5, 5.41) is 1.71. The first-order valence-corrected chi connectivity index (χ1v) is 9.48. The van der Waals surface area contributed by atoms with Crippen molar-refractivity contribution in [3.8, 4) is 0 Å². The van der Waals surface area contributed by atoms with Gasteiger partial charge in [-0.25, -0.2) is 4.98 Å². The van der Waals surface area contributed by atoms with Gasteiger partial charge < -0.3 is 15.0 Å². The van der Waals surface area contributed by atoms with E-state index in [1.807, 2.05) is 24.4 Å². The van der Waals surface area contributed by atoms with Gasteiger partial charge in [-0.05, 0) is 50.2 Å². The number of ether oxygens (including phenoxy) is 1. The molecule has 0 amide bonds. The summed E-state index contributed by atoms with van der Waals surface area (Å²) in [4.78, 5) is 13.8. The Kier molecular flexibility index (Phi) is 5.09. The van der Waals surface area contributed by atoms with E-state index in [9.17, 15) is 0 Å². The second-order valence-electron chi connectivity index (χ2n) is 6.79. The van der Waals surface area contributed by atoms with Crippen LogP contribution in [0.25, 0.3) is 21.9 Å². The van der Waals surface area contributed by atoms with E-state index >= 15 is 0 Å². The molecular formula is C20H22ClN5O. The van der Waals surface area contributed by atoms with Gasteiger partial charge in [-0.3, -0.25) is 9.98 Å². The molecule has 4 rings (SSSR count). The van der Waals surface area contributed by atoms with Gasteiger partial charge in [-0.2, -0.15) is 0 Å². The molecule has 6 nitrogen and oxygen atoms in total. The molecule has 2 N–H and O–H groups in total. The normalized spacial score (nSPS) is 21.1. The molecule has 0 radical (unpaired) electrons. The standard InChI is InChI=1S/C20H22ClN5O/c1-13-9-15(5-8-27-13)26-19(12-23-7-2-6-22)25-18-11-24-17-4-3-14(21)10-16(17)20(18)26/h2-4,6-7,10-11,13,15H,5,8-9,12,22H2,1H3/t13-,15?/m1/s1. The second-order valence-corrected chi connectivity index (χ2v) is 7.22. The molecule has 7 heteroatoms. The fourth-order valence-corrected chi connectivity index (χ4v) is 3.93. The number of allylic oxidation sites excluding steroid dienone is 1. The van der Waals surface area contributed by atoms with Crippen molar-refractivity contribution in [1.82, 2.24) is 14.5 Å². The van der Waals surface area contributed by atoms with Crippen LogP contribution in [0, 0.1) is 0 Å². The maximum Gasteiger partial charge on any atom is 0.131 e. The van der Waals surface area contributed by atoms with E-state index in [0.29, 0.717) is 17.6 Å². The highest BCUT2D eigenvalue weighted by Gasteiger charge is 2.26. The Labute approximate surface area is 162 Å². The predicted octanol–water partition coefficient (Wildman–Crippen LogP) is 4.02. The number of fused-ring (bicyclic) bond motifs is 3. The maximum atomic E-state index is 6.29. The minimum Gasteiger partial charge on any atom is -0.405 e. The summed E-state index contributed by atoms with van der Waals surface area (Å²) in [5.41, 5.74) is 8.23. The number of nitrogens with two attached hydrogens (primary N) is 1. The number of benzene rings is 1. The van der Waals surface area contributed by atoms with Gasteiger partial charge in [-0.15, -0.1) is 0 Å². The molecule has 0 saturated carbocycles. The van der Waals surface area contributed by atoms with Crippen molar-refractivity contribution in [2.24, 2.45) is 10.7 Å². The summed E-state index contributed by atoms with van der Waals surface area (Å²) in [6.45, 7) is 3.34. The van der Waals surface area contributed by atoms with E-state index in [2.05, 4.69) is 21.5 Å². The molecule has 3 aromatic rings. The number of rotatable bonds is 4. The number of pyridine rings is 1. The average Bonchev–Trinajstić information content (AvgIpc) is 3.04. The Balaban J connectivity index is 1.91. The van der Waals surface area contributed by atoms with Gasteiger partial charge in [0.15, 0.2) is 0 Å². The first-order valence-electron chi connectivity index (χ1n) is 9.10. The fraction of sp³-hybridized carbons (Fsp3) is 0.350. The first-order chi connectivity index (χ1) is 13.2. The smallest absolute Gasteiger partial charge is 0.131 e. The lowest BCUT2D eigenvalue weighted by atomic mass is 10.0. The summed E-state index contributed by atoms with van der Waals surface area (Å²) in [5.74, 6) is 0.917. The molecular weight excluding hydrogens is 362 g/mol. The third-order valence-corrected chi connectivity index (χ3v) is 5.14. The number of imidazole rings is 1. The molecule has 1 aliphatic rings. The molecule has 1 unspecified atom stereocenters. The van der Waals surface area contributed by atoms with Gasteiger partial charge in [-0.1, -0.05) is 11.6 Å². The molecule has 0 bridgehead atoms. The van der Waals surface area contributed by atoms with Crippen LogP contribution in [0.4, 0.5) is 0 Å². The van der Waals surface area contributed by atoms with Gasteiger partial charge >= 0.3 is 0 Å². The van der Waals surface area contributed by atoms with Crippen LogP contribution in [0.1, 0.15) is 31.6 Å². The van der Waals surface area contributed by atoms with E-state index in [4.69, 9.17) is 27.1 Å². The Morgan fingerprint density at radius 2 is 2.30 bits per heavy atom. The van der Waals surface area contributed by atoms with E-state index in [0.717, 1.165) is 47.2 Å². The van der Waals surface area contributed by atoms with Crippen LogP contribution in [-0.4, -0.2) is 33.5 Å². The zero-order valence-corrected chi connectivity index (χ0v) is 15.9. The fourth-order valence-electron chi connectivity index (χ4n) is 3.76. The lowest BCUT2D eigenvalue weighted by Gasteiger charge is -2.30. The van der Waals surface area contributed by atoms with Crippen molar-refractivity contribution < 1.29 is 4.74 Å². The van der Waals surface area contributed by atoms with Crippen molar-refractivity contribution in [2.45, 2.75) is 38.5 Å². The summed E-state index contributed by atoms with van der Waals surface area (Å²) in [6, 6.07) is 6.09. The Bertz CT molecular complexity index is 1030. The molecule has 2 atom stereocenters. The lowest BCUT2D eigenvalue weighted by molar-refractivity contribution is 0.00627. The molecule has 140 valence electrons. The number of hydrogen-bond acceptors (Lipinski definition) is 5. The highest BCUT2D eigenvalue weighted by Crippen LogP contribution is 2.34. The van der Waals surface area contributed by atoms with Crippen molar-refractivity contribution in [3.63, 3.8) is 0 Å². The second kappa shape index (κ2) is 7.66. The summed E-state index contributed by atoms with van der Waals surface area (Å²) in [7, 11) is 0. The molecule has 0 spiro atoms. The number of halogens is 1. The van der Waals surface area contributed by atoms with Crippen molar-refractivity contribution in [2.75, 3.05) is 6.61 Å². The zero-order valence-electron chi connectivity index (χ0n) is 15.2. The molecule has 27 heavy (non-hydrogen) atoms. The van der Waals surface area contributed by atoms with E-state index in [1.165, 1.54) is 6.20 Å². The Morgan fingerprint density at radius 1 is 1.41 bits per heavy atom. The van der Waals surface area contributed by atoms with Crippen LogP contribution < -0.4 is 5.73 Å². The monoisotopic (exact) mass is 383 g/mol. The summed E-state index contributed by atoms with van der Waals surface area (Å²) in [6.07, 6.45) is 8.80. The van der Waals surface area contributed by atoms with Gasteiger partial charge in [0, 0.05) is 29.3 Å². The van der Waals surface area contributed by atoms with Gasteiger partial charge in [0.2, 0.25) is 0 Å². The van der Waals surface area contributed by atoms with Gasteiger partial charge in [0.25, 0.3) is 0 Å². The summed E-state index contributed by atoms with van der Waals surface area (Å²) < 4.78 is 8.08. The van der Waals surface area contributed by atoms with E-state index in [1.54, 1.807) is 12.3 Å². The number of nitrogens with zero attached hydrogens (tertiary/aromatic N) is 4. The minimum atomic E-state index is 0.217. The van der Waals surface area contributed by atoms with E-state index < -0.39 is 0 Å². The van der Waals surface area contributed by atoms with Crippen LogP contribution in [0.5, 0.6) is 0 Å². The number of aromatic nitrogens is 3. The quantitative estimate of drug-likeness (QED) is 0.690. The molecule has 1 aliphatic heterocycles. The predicted molar refractivity (Wildman–Crippen MR) is 109 cm³/mol. The third kappa shape index (κ3) is 3.55. The van der Waals surface area contributed by atoms with Crippen molar-refractivity contribution in [1.29, 1.82) is 0 Å². The van der Waals surface area contributed by atoms with Gasteiger partial charge in [0.1, 0.15) is 11.3 Å². The molecule has 1 aromatic carbocycles. The number of hydrogen-bond donors (Lipinski definition) is 1. The number of aliphatic imine (C=N–C) groups is 1. The van der Waals surface area contributed by atoms with Crippen molar-refractivity contribution in [3.05, 3.63) is 47.5 Å². The SMILES string of the molecule is C[C@@H]1CC(n2c(CN=CC=CN)nc3cnc4ccc(Cl)cc4c32)CCO1.